The van der Waals surface area contributed by atoms with E-state index >= 15 is 0 Å². The normalized spacial score (nSPS) is 10.9. The van der Waals surface area contributed by atoms with Crippen LogP contribution in [0.15, 0.2) is 0 Å². The van der Waals surface area contributed by atoms with Crippen LogP contribution >= 0.6 is 0 Å². The lowest BCUT2D eigenvalue weighted by atomic mass is 9.78. The van der Waals surface area contributed by atoms with Crippen molar-refractivity contribution in [2.45, 2.75) is 19.3 Å². The van der Waals surface area contributed by atoms with Crippen molar-refractivity contribution in [3.8, 4) is 0 Å². The summed E-state index contributed by atoms with van der Waals surface area (Å²) in [6.07, 6.45) is -0.549. The highest BCUT2D eigenvalue weighted by molar-refractivity contribution is 5.77. The molecule has 0 atom stereocenters. The van der Waals surface area contributed by atoms with Crippen molar-refractivity contribution in [3.63, 3.8) is 0 Å². The highest BCUT2D eigenvalue weighted by Crippen LogP contribution is 2.33. The van der Waals surface area contributed by atoms with E-state index in [1.165, 1.54) is 28.4 Å². The first kappa shape index (κ1) is 19.3. The molecule has 0 aliphatic heterocycles. The van der Waals surface area contributed by atoms with Crippen LogP contribution in [0.1, 0.15) is 19.3 Å². The summed E-state index contributed by atoms with van der Waals surface area (Å²) >= 11 is 0. The van der Waals surface area contributed by atoms with E-state index in [4.69, 9.17) is 9.47 Å². The van der Waals surface area contributed by atoms with Gasteiger partial charge in [-0.3, -0.25) is 14.4 Å². The number of hydrogen-bond donors (Lipinski definition) is 0. The van der Waals surface area contributed by atoms with Crippen molar-refractivity contribution < 1.29 is 38.1 Å². The topological polar surface area (TPSA) is 97.4 Å². The first-order valence-electron chi connectivity index (χ1n) is 6.20. The summed E-state index contributed by atoms with van der Waals surface area (Å²) in [5, 5.41) is 0. The molecule has 0 aromatic rings. The number of rotatable bonds is 10. The Kier molecular flexibility index (Phi) is 9.31. The Morgan fingerprint density at radius 1 is 0.762 bits per heavy atom. The van der Waals surface area contributed by atoms with Crippen LogP contribution in [-0.4, -0.2) is 59.7 Å². The van der Waals surface area contributed by atoms with Crippen molar-refractivity contribution in [1.82, 2.24) is 0 Å². The molecule has 8 heteroatoms. The van der Waals surface area contributed by atoms with Gasteiger partial charge < -0.3 is 23.7 Å². The Morgan fingerprint density at radius 2 is 1.14 bits per heavy atom. The molecule has 0 aliphatic carbocycles. The molecule has 0 aromatic carbocycles. The van der Waals surface area contributed by atoms with Crippen molar-refractivity contribution in [2.24, 2.45) is 5.41 Å². The van der Waals surface area contributed by atoms with Crippen LogP contribution in [0, 0.1) is 5.41 Å². The third-order valence-electron chi connectivity index (χ3n) is 2.85. The number of ether oxygens (including phenoxy) is 5. The van der Waals surface area contributed by atoms with Gasteiger partial charge in [-0.2, -0.15) is 0 Å². The van der Waals surface area contributed by atoms with Crippen molar-refractivity contribution in [3.05, 3.63) is 0 Å². The standard InChI is InChI=1S/C13H22O8/c1-17-9-21-8-13(5-10(14)18-2,6-11(15)19-3)7-12(16)20-4/h5-9H2,1-4H3. The molecule has 0 fully saturated rings. The fourth-order valence-electron chi connectivity index (χ4n) is 1.82. The molecule has 0 aromatic heterocycles. The summed E-state index contributed by atoms with van der Waals surface area (Å²) in [4.78, 5) is 34.8. The van der Waals surface area contributed by atoms with Crippen LogP contribution in [0.2, 0.25) is 0 Å². The first-order chi connectivity index (χ1) is 9.92. The predicted molar refractivity (Wildman–Crippen MR) is 70.2 cm³/mol. The van der Waals surface area contributed by atoms with Gasteiger partial charge in [0.15, 0.2) is 0 Å². The van der Waals surface area contributed by atoms with Gasteiger partial charge in [0, 0.05) is 12.5 Å². The van der Waals surface area contributed by atoms with Crippen LogP contribution in [0.5, 0.6) is 0 Å². The van der Waals surface area contributed by atoms with E-state index in [1.807, 2.05) is 0 Å². The van der Waals surface area contributed by atoms with Gasteiger partial charge in [-0.1, -0.05) is 0 Å². The van der Waals surface area contributed by atoms with Gasteiger partial charge in [0.1, 0.15) is 6.79 Å². The predicted octanol–water partition coefficient (Wildman–Crippen LogP) is 0.283. The maximum Gasteiger partial charge on any atom is 0.306 e. The number of carbonyl (C=O) groups is 3. The van der Waals surface area contributed by atoms with E-state index in [9.17, 15) is 14.4 Å². The van der Waals surface area contributed by atoms with E-state index in [1.54, 1.807) is 0 Å². The van der Waals surface area contributed by atoms with E-state index < -0.39 is 23.3 Å². The van der Waals surface area contributed by atoms with E-state index in [-0.39, 0.29) is 32.7 Å². The van der Waals surface area contributed by atoms with Crippen molar-refractivity contribution >= 4 is 17.9 Å². The Hall–Kier alpha value is -1.67. The molecule has 0 saturated heterocycles. The highest BCUT2D eigenvalue weighted by atomic mass is 16.7. The maximum absolute atomic E-state index is 11.6. The van der Waals surface area contributed by atoms with Crippen LogP contribution < -0.4 is 0 Å². The lowest BCUT2D eigenvalue weighted by Gasteiger charge is -2.30. The van der Waals surface area contributed by atoms with Crippen molar-refractivity contribution in [2.75, 3.05) is 41.8 Å². The van der Waals surface area contributed by atoms with Gasteiger partial charge in [-0.15, -0.1) is 0 Å². The minimum atomic E-state index is -1.11. The summed E-state index contributed by atoms with van der Waals surface area (Å²) in [5.74, 6) is -1.70. The van der Waals surface area contributed by atoms with Crippen LogP contribution in [0.25, 0.3) is 0 Å². The van der Waals surface area contributed by atoms with Gasteiger partial charge in [0.2, 0.25) is 0 Å². The zero-order chi connectivity index (χ0) is 16.3. The van der Waals surface area contributed by atoms with Gasteiger partial charge in [0.25, 0.3) is 0 Å². The molecule has 21 heavy (non-hydrogen) atoms. The van der Waals surface area contributed by atoms with Gasteiger partial charge in [-0.05, 0) is 0 Å². The SMILES string of the molecule is COCOCC(CC(=O)OC)(CC(=O)OC)CC(=O)OC. The Balaban J connectivity index is 5.18. The first-order valence-corrected chi connectivity index (χ1v) is 6.20. The van der Waals surface area contributed by atoms with E-state index in [0.717, 1.165) is 0 Å². The summed E-state index contributed by atoms with van der Waals surface area (Å²) in [7, 11) is 5.10. The minimum Gasteiger partial charge on any atom is -0.469 e. The van der Waals surface area contributed by atoms with E-state index in [0.29, 0.717) is 0 Å². The Labute approximate surface area is 123 Å². The monoisotopic (exact) mass is 306 g/mol. The second-order valence-corrected chi connectivity index (χ2v) is 4.51. The molecule has 122 valence electrons. The summed E-state index contributed by atoms with van der Waals surface area (Å²) in [5.41, 5.74) is -1.11. The number of esters is 3. The third kappa shape index (κ3) is 7.62. The number of hydrogen-bond acceptors (Lipinski definition) is 8. The fraction of sp³-hybridized carbons (Fsp3) is 0.769. The summed E-state index contributed by atoms with van der Waals surface area (Å²) < 4.78 is 23.8. The quantitative estimate of drug-likeness (QED) is 0.246. The lowest BCUT2D eigenvalue weighted by Crippen LogP contribution is -2.36. The lowest BCUT2D eigenvalue weighted by molar-refractivity contribution is -0.157. The maximum atomic E-state index is 11.6. The number of methoxy groups -OCH3 is 4. The van der Waals surface area contributed by atoms with Gasteiger partial charge >= 0.3 is 17.9 Å². The van der Waals surface area contributed by atoms with Crippen LogP contribution in [0.4, 0.5) is 0 Å². The summed E-state index contributed by atoms with van der Waals surface area (Å²) in [6, 6.07) is 0. The zero-order valence-corrected chi connectivity index (χ0v) is 12.8. The molecule has 0 radical (unpaired) electrons. The smallest absolute Gasteiger partial charge is 0.306 e. The highest BCUT2D eigenvalue weighted by Gasteiger charge is 2.39. The van der Waals surface area contributed by atoms with Gasteiger partial charge in [-0.25, -0.2) is 0 Å². The molecule has 0 heterocycles. The van der Waals surface area contributed by atoms with Crippen LogP contribution in [0.3, 0.4) is 0 Å². The molecule has 0 bridgehead atoms. The second-order valence-electron chi connectivity index (χ2n) is 4.51. The minimum absolute atomic E-state index is 0.0364. The third-order valence-corrected chi connectivity index (χ3v) is 2.85. The molecule has 0 N–H and O–H groups in total. The average Bonchev–Trinajstić information content (AvgIpc) is 2.46. The largest absolute Gasteiger partial charge is 0.469 e. The molecule has 0 saturated carbocycles. The Bertz CT molecular complexity index is 307. The molecule has 0 spiro atoms. The second kappa shape index (κ2) is 10.1. The molecular formula is C13H22O8. The molecule has 8 nitrogen and oxygen atoms in total. The molecule has 0 unspecified atom stereocenters. The molecular weight excluding hydrogens is 284 g/mol. The van der Waals surface area contributed by atoms with Gasteiger partial charge in [0.05, 0.1) is 47.2 Å². The molecule has 0 rings (SSSR count). The Morgan fingerprint density at radius 3 is 1.43 bits per heavy atom. The van der Waals surface area contributed by atoms with Crippen molar-refractivity contribution in [1.29, 1.82) is 0 Å². The zero-order valence-electron chi connectivity index (χ0n) is 12.8. The van der Waals surface area contributed by atoms with Crippen LogP contribution in [-0.2, 0) is 38.1 Å². The molecule has 0 amide bonds. The summed E-state index contributed by atoms with van der Waals surface area (Å²) in [6.45, 7) is -0.0919. The van der Waals surface area contributed by atoms with E-state index in [2.05, 4.69) is 14.2 Å². The number of carbonyl (C=O) groups excluding carboxylic acids is 3. The average molecular weight is 306 g/mol. The molecule has 0 aliphatic rings. The fourth-order valence-corrected chi connectivity index (χ4v) is 1.82.